The van der Waals surface area contributed by atoms with E-state index in [1.54, 1.807) is 48.5 Å². The molecule has 0 aliphatic carbocycles. The number of aliphatic hydroxyl groups excluding tert-OH is 1. The summed E-state index contributed by atoms with van der Waals surface area (Å²) >= 11 is 5.71. The molecule has 0 saturated carbocycles. The van der Waals surface area contributed by atoms with Crippen molar-refractivity contribution < 1.29 is 9.90 Å². The third kappa shape index (κ3) is 3.11. The Morgan fingerprint density at radius 1 is 1.00 bits per heavy atom. The summed E-state index contributed by atoms with van der Waals surface area (Å²) in [6.45, 7) is 0. The lowest BCUT2D eigenvalue weighted by Gasteiger charge is -2.13. The molecule has 0 aliphatic rings. The molecule has 0 radical (unpaired) electrons. The van der Waals surface area contributed by atoms with Gasteiger partial charge in [-0.1, -0.05) is 72.3 Å². The topological polar surface area (TPSA) is 37.3 Å². The van der Waals surface area contributed by atoms with Crippen molar-refractivity contribution in [2.45, 2.75) is 6.10 Å². The van der Waals surface area contributed by atoms with Crippen molar-refractivity contribution in [2.24, 2.45) is 0 Å². The Kier molecular flexibility index (Phi) is 4.50. The number of ketones is 1. The second-order valence-electron chi connectivity index (χ2n) is 4.07. The van der Waals surface area contributed by atoms with Crippen LogP contribution >= 0.6 is 11.6 Å². The Labute approximate surface area is 117 Å². The Morgan fingerprint density at radius 2 is 1.53 bits per heavy atom. The van der Waals surface area contributed by atoms with Crippen LogP contribution in [-0.2, 0) is 0 Å². The van der Waals surface area contributed by atoms with Crippen LogP contribution in [0.2, 0.25) is 0 Å². The molecule has 19 heavy (non-hydrogen) atoms. The molecular formula is C16H13ClO2. The van der Waals surface area contributed by atoms with Crippen molar-refractivity contribution in [3.63, 3.8) is 0 Å². The van der Waals surface area contributed by atoms with Crippen LogP contribution in [0.25, 0.3) is 0 Å². The fourth-order valence-electron chi connectivity index (χ4n) is 1.80. The molecule has 0 aliphatic heterocycles. The van der Waals surface area contributed by atoms with Gasteiger partial charge in [0.05, 0.1) is 0 Å². The highest BCUT2D eigenvalue weighted by Crippen LogP contribution is 2.25. The lowest BCUT2D eigenvalue weighted by atomic mass is 9.96. The average molecular weight is 273 g/mol. The molecule has 3 heteroatoms. The first-order valence-electron chi connectivity index (χ1n) is 5.87. The largest absolute Gasteiger partial charge is 0.383 e. The van der Waals surface area contributed by atoms with Gasteiger partial charge in [0.25, 0.3) is 0 Å². The molecule has 0 aromatic heterocycles. The van der Waals surface area contributed by atoms with Crippen molar-refractivity contribution >= 4 is 17.4 Å². The van der Waals surface area contributed by atoms with E-state index >= 15 is 0 Å². The third-order valence-corrected chi connectivity index (χ3v) is 3.06. The number of rotatable bonds is 4. The SMILES string of the molecule is O=C(/C(=C\Cl)C(O)c1ccccc1)c1ccccc1. The molecule has 0 amide bonds. The number of carbonyl (C=O) groups is 1. The lowest BCUT2D eigenvalue weighted by Crippen LogP contribution is -2.11. The number of halogens is 1. The normalized spacial score (nSPS) is 13.1. The molecule has 0 spiro atoms. The Balaban J connectivity index is 2.29. The van der Waals surface area contributed by atoms with Crippen LogP contribution in [0.1, 0.15) is 22.0 Å². The van der Waals surface area contributed by atoms with Crippen molar-refractivity contribution in [1.82, 2.24) is 0 Å². The van der Waals surface area contributed by atoms with Crippen LogP contribution in [-0.4, -0.2) is 10.9 Å². The fraction of sp³-hybridized carbons (Fsp3) is 0.0625. The van der Waals surface area contributed by atoms with Crippen molar-refractivity contribution in [1.29, 1.82) is 0 Å². The molecule has 0 fully saturated rings. The van der Waals surface area contributed by atoms with E-state index in [0.717, 1.165) is 5.54 Å². The Morgan fingerprint density at radius 3 is 2.05 bits per heavy atom. The number of hydrogen-bond donors (Lipinski definition) is 1. The first kappa shape index (κ1) is 13.5. The van der Waals surface area contributed by atoms with Crippen LogP contribution in [0.15, 0.2) is 71.8 Å². The fourth-order valence-corrected chi connectivity index (χ4v) is 2.02. The minimum absolute atomic E-state index is 0.166. The molecule has 0 bridgehead atoms. The highest BCUT2D eigenvalue weighted by molar-refractivity contribution is 6.29. The van der Waals surface area contributed by atoms with Gasteiger partial charge in [-0.3, -0.25) is 4.79 Å². The number of Topliss-reactive ketones (excluding diaryl/α,β-unsaturated/α-hetero) is 1. The van der Waals surface area contributed by atoms with E-state index in [9.17, 15) is 9.90 Å². The maximum Gasteiger partial charge on any atom is 0.192 e. The van der Waals surface area contributed by atoms with Crippen molar-refractivity contribution in [2.75, 3.05) is 0 Å². The van der Waals surface area contributed by atoms with Gasteiger partial charge in [-0.25, -0.2) is 0 Å². The summed E-state index contributed by atoms with van der Waals surface area (Å²) in [6, 6.07) is 17.7. The van der Waals surface area contributed by atoms with E-state index < -0.39 is 6.10 Å². The number of benzene rings is 2. The van der Waals surface area contributed by atoms with Gasteiger partial charge in [0, 0.05) is 16.7 Å². The van der Waals surface area contributed by atoms with Crippen LogP contribution in [0.4, 0.5) is 0 Å². The van der Waals surface area contributed by atoms with Gasteiger partial charge in [0.15, 0.2) is 5.78 Å². The number of hydrogen-bond acceptors (Lipinski definition) is 2. The number of aliphatic hydroxyl groups is 1. The van der Waals surface area contributed by atoms with E-state index in [2.05, 4.69) is 0 Å². The molecule has 2 nitrogen and oxygen atoms in total. The van der Waals surface area contributed by atoms with Crippen LogP contribution in [0, 0.1) is 0 Å². The highest BCUT2D eigenvalue weighted by Gasteiger charge is 2.21. The molecule has 0 saturated heterocycles. The van der Waals surface area contributed by atoms with E-state index in [4.69, 9.17) is 11.6 Å². The van der Waals surface area contributed by atoms with Gasteiger partial charge in [0.1, 0.15) is 6.10 Å². The van der Waals surface area contributed by atoms with E-state index in [0.29, 0.717) is 11.1 Å². The molecule has 2 aromatic carbocycles. The summed E-state index contributed by atoms with van der Waals surface area (Å²) in [5, 5.41) is 10.2. The smallest absolute Gasteiger partial charge is 0.192 e. The summed E-state index contributed by atoms with van der Waals surface area (Å²) in [5.74, 6) is -0.271. The number of carbonyl (C=O) groups excluding carboxylic acids is 1. The molecule has 1 atom stereocenters. The predicted octanol–water partition coefficient (Wildman–Crippen LogP) is 3.73. The monoisotopic (exact) mass is 272 g/mol. The highest BCUT2D eigenvalue weighted by atomic mass is 35.5. The van der Waals surface area contributed by atoms with Crippen LogP contribution in [0.3, 0.4) is 0 Å². The molecule has 2 aromatic rings. The lowest BCUT2D eigenvalue weighted by molar-refractivity contribution is 0.0987. The standard InChI is InChI=1S/C16H13ClO2/c17-11-14(15(18)12-7-3-1-4-8-12)16(19)13-9-5-2-6-10-13/h1-11,15,18H/b14-11-. The third-order valence-electron chi connectivity index (χ3n) is 2.83. The minimum atomic E-state index is -1.02. The second-order valence-corrected chi connectivity index (χ2v) is 4.29. The van der Waals surface area contributed by atoms with E-state index in [1.807, 2.05) is 12.1 Å². The summed E-state index contributed by atoms with van der Waals surface area (Å²) in [7, 11) is 0. The molecule has 1 N–H and O–H groups in total. The van der Waals surface area contributed by atoms with E-state index in [1.165, 1.54) is 0 Å². The molecule has 2 rings (SSSR count). The van der Waals surface area contributed by atoms with Gasteiger partial charge in [0.2, 0.25) is 0 Å². The maximum atomic E-state index is 12.3. The Hall–Kier alpha value is -1.90. The first-order chi connectivity index (χ1) is 9.24. The predicted molar refractivity (Wildman–Crippen MR) is 76.1 cm³/mol. The summed E-state index contributed by atoms with van der Waals surface area (Å²) in [5.41, 5.74) is 2.45. The van der Waals surface area contributed by atoms with Gasteiger partial charge < -0.3 is 5.11 Å². The zero-order chi connectivity index (χ0) is 13.7. The molecule has 96 valence electrons. The second kappa shape index (κ2) is 6.32. The zero-order valence-corrected chi connectivity index (χ0v) is 10.9. The van der Waals surface area contributed by atoms with Gasteiger partial charge >= 0.3 is 0 Å². The molecular weight excluding hydrogens is 260 g/mol. The van der Waals surface area contributed by atoms with E-state index in [-0.39, 0.29) is 11.4 Å². The summed E-state index contributed by atoms with van der Waals surface area (Å²) in [4.78, 5) is 12.3. The van der Waals surface area contributed by atoms with Gasteiger partial charge in [-0.2, -0.15) is 0 Å². The minimum Gasteiger partial charge on any atom is -0.383 e. The van der Waals surface area contributed by atoms with Crippen molar-refractivity contribution in [3.05, 3.63) is 82.9 Å². The quantitative estimate of drug-likeness (QED) is 0.680. The Bertz CT molecular complexity index is 576. The van der Waals surface area contributed by atoms with Crippen molar-refractivity contribution in [3.8, 4) is 0 Å². The first-order valence-corrected chi connectivity index (χ1v) is 6.30. The maximum absolute atomic E-state index is 12.3. The molecule has 1 unspecified atom stereocenters. The zero-order valence-electron chi connectivity index (χ0n) is 10.2. The summed E-state index contributed by atoms with van der Waals surface area (Å²) < 4.78 is 0. The van der Waals surface area contributed by atoms with Crippen LogP contribution < -0.4 is 0 Å². The average Bonchev–Trinajstić information content (AvgIpc) is 2.49. The van der Waals surface area contributed by atoms with Gasteiger partial charge in [-0.05, 0) is 5.56 Å². The summed E-state index contributed by atoms with van der Waals surface area (Å²) in [6.07, 6.45) is -1.02. The van der Waals surface area contributed by atoms with Crippen LogP contribution in [0.5, 0.6) is 0 Å². The van der Waals surface area contributed by atoms with Gasteiger partial charge in [-0.15, -0.1) is 0 Å². The molecule has 0 heterocycles.